The van der Waals surface area contributed by atoms with Gasteiger partial charge in [0, 0.05) is 5.56 Å². The smallest absolute Gasteiger partial charge is 0.288 e. The number of carbonyl (C=O) groups is 1. The summed E-state index contributed by atoms with van der Waals surface area (Å²) >= 11 is 0. The van der Waals surface area contributed by atoms with Crippen molar-refractivity contribution in [2.75, 3.05) is 0 Å². The Morgan fingerprint density at radius 2 is 2.08 bits per heavy atom. The summed E-state index contributed by atoms with van der Waals surface area (Å²) in [5, 5.41) is 15.4. The second kappa shape index (κ2) is 7.05. The summed E-state index contributed by atoms with van der Waals surface area (Å²) < 4.78 is 14.7. The van der Waals surface area contributed by atoms with E-state index in [1.54, 1.807) is 19.1 Å². The number of rotatable bonds is 4. The number of aromatic amines is 1. The highest BCUT2D eigenvalue weighted by Crippen LogP contribution is 2.08. The molecule has 3 rings (SSSR count). The summed E-state index contributed by atoms with van der Waals surface area (Å²) in [5.74, 6) is -1.07. The molecule has 9 nitrogen and oxygen atoms in total. The van der Waals surface area contributed by atoms with Gasteiger partial charge in [0.15, 0.2) is 0 Å². The van der Waals surface area contributed by atoms with Crippen LogP contribution in [-0.4, -0.2) is 37.1 Å². The maximum atomic E-state index is 13.5. The number of H-pyrrole nitrogens is 1. The van der Waals surface area contributed by atoms with Crippen molar-refractivity contribution in [3.8, 4) is 5.95 Å². The number of hydrogen-bond acceptors (Lipinski definition) is 6. The summed E-state index contributed by atoms with van der Waals surface area (Å²) in [5.41, 5.74) is 2.88. The number of amides is 1. The van der Waals surface area contributed by atoms with E-state index in [0.29, 0.717) is 5.69 Å². The fourth-order valence-electron chi connectivity index (χ4n) is 2.10. The van der Waals surface area contributed by atoms with E-state index in [2.05, 4.69) is 30.8 Å². The summed E-state index contributed by atoms with van der Waals surface area (Å²) in [6, 6.07) is 7.50. The zero-order chi connectivity index (χ0) is 18.7. The SMILES string of the molecule is Cc1cc(C(=O)N/N=C\c2ccccc2F)n(-c2nnc(C)c(=O)[nH]2)n1. The number of carbonyl (C=O) groups excluding carboxylic acids is 1. The second-order valence-corrected chi connectivity index (χ2v) is 5.37. The lowest BCUT2D eigenvalue weighted by atomic mass is 10.2. The molecule has 0 aliphatic rings. The number of halogens is 1. The molecule has 2 N–H and O–H groups in total. The van der Waals surface area contributed by atoms with Crippen LogP contribution in [0, 0.1) is 19.7 Å². The van der Waals surface area contributed by atoms with E-state index in [0.717, 1.165) is 4.68 Å². The molecule has 0 aliphatic carbocycles. The molecule has 0 spiro atoms. The molecule has 10 heteroatoms. The molecule has 0 saturated heterocycles. The lowest BCUT2D eigenvalue weighted by molar-refractivity contribution is 0.0947. The molecule has 0 radical (unpaired) electrons. The van der Waals surface area contributed by atoms with Gasteiger partial charge < -0.3 is 0 Å². The van der Waals surface area contributed by atoms with Crippen molar-refractivity contribution in [3.05, 3.63) is 69.1 Å². The molecule has 132 valence electrons. The Morgan fingerprint density at radius 3 is 2.81 bits per heavy atom. The topological polar surface area (TPSA) is 118 Å². The van der Waals surface area contributed by atoms with Crippen LogP contribution in [0.5, 0.6) is 0 Å². The Kier molecular flexibility index (Phi) is 4.65. The lowest BCUT2D eigenvalue weighted by Crippen LogP contribution is -2.24. The van der Waals surface area contributed by atoms with Crippen molar-refractivity contribution in [1.29, 1.82) is 0 Å². The van der Waals surface area contributed by atoms with Gasteiger partial charge in [-0.1, -0.05) is 18.2 Å². The minimum absolute atomic E-state index is 0.00284. The van der Waals surface area contributed by atoms with Gasteiger partial charge in [-0.25, -0.2) is 9.82 Å². The summed E-state index contributed by atoms with van der Waals surface area (Å²) in [6.45, 7) is 3.19. The quantitative estimate of drug-likeness (QED) is 0.532. The predicted molar refractivity (Wildman–Crippen MR) is 90.7 cm³/mol. The predicted octanol–water partition coefficient (Wildman–Crippen LogP) is 0.870. The van der Waals surface area contributed by atoms with Gasteiger partial charge in [0.2, 0.25) is 0 Å². The Labute approximate surface area is 146 Å². The first-order chi connectivity index (χ1) is 12.5. The van der Waals surface area contributed by atoms with Crippen LogP contribution in [-0.2, 0) is 0 Å². The van der Waals surface area contributed by atoms with Crippen LogP contribution >= 0.6 is 0 Å². The minimum atomic E-state index is -0.610. The fourth-order valence-corrected chi connectivity index (χ4v) is 2.10. The molecule has 3 aromatic rings. The number of aromatic nitrogens is 5. The molecule has 1 aromatic carbocycles. The number of nitrogens with one attached hydrogen (secondary N) is 2. The van der Waals surface area contributed by atoms with Gasteiger partial charge in [-0.15, -0.1) is 10.2 Å². The van der Waals surface area contributed by atoms with Crippen LogP contribution in [0.2, 0.25) is 0 Å². The first-order valence-electron chi connectivity index (χ1n) is 7.54. The van der Waals surface area contributed by atoms with Crippen molar-refractivity contribution >= 4 is 12.1 Å². The number of nitrogens with zero attached hydrogens (tertiary/aromatic N) is 5. The average Bonchev–Trinajstić information content (AvgIpc) is 3.01. The number of hydrogen-bond donors (Lipinski definition) is 2. The minimum Gasteiger partial charge on any atom is -0.288 e. The van der Waals surface area contributed by atoms with Gasteiger partial charge in [-0.2, -0.15) is 14.9 Å². The van der Waals surface area contributed by atoms with E-state index in [-0.39, 0.29) is 22.9 Å². The maximum absolute atomic E-state index is 13.5. The molecule has 0 fully saturated rings. The maximum Gasteiger partial charge on any atom is 0.290 e. The zero-order valence-corrected chi connectivity index (χ0v) is 13.9. The molecule has 0 saturated carbocycles. The van der Waals surface area contributed by atoms with Crippen LogP contribution in [0.3, 0.4) is 0 Å². The summed E-state index contributed by atoms with van der Waals surface area (Å²) in [6.07, 6.45) is 1.19. The van der Waals surface area contributed by atoms with Crippen molar-refractivity contribution < 1.29 is 9.18 Å². The van der Waals surface area contributed by atoms with Crippen molar-refractivity contribution in [2.24, 2.45) is 5.10 Å². The van der Waals surface area contributed by atoms with Crippen LogP contribution in [0.25, 0.3) is 5.95 Å². The molecular formula is C16H14FN7O2. The van der Waals surface area contributed by atoms with Gasteiger partial charge in [-0.05, 0) is 26.0 Å². The van der Waals surface area contributed by atoms with Gasteiger partial charge >= 0.3 is 0 Å². The van der Waals surface area contributed by atoms with E-state index >= 15 is 0 Å². The molecular weight excluding hydrogens is 341 g/mol. The van der Waals surface area contributed by atoms with E-state index in [1.807, 2.05) is 0 Å². The van der Waals surface area contributed by atoms with Crippen LogP contribution < -0.4 is 11.0 Å². The molecule has 1 amide bonds. The largest absolute Gasteiger partial charge is 0.290 e. The van der Waals surface area contributed by atoms with Crippen LogP contribution in [0.1, 0.15) is 27.4 Å². The van der Waals surface area contributed by atoms with E-state index in [1.165, 1.54) is 31.3 Å². The first-order valence-corrected chi connectivity index (χ1v) is 7.54. The van der Waals surface area contributed by atoms with Gasteiger partial charge in [0.1, 0.15) is 17.2 Å². The monoisotopic (exact) mass is 355 g/mol. The molecule has 0 unspecified atom stereocenters. The zero-order valence-electron chi connectivity index (χ0n) is 13.9. The normalized spacial score (nSPS) is 11.0. The van der Waals surface area contributed by atoms with E-state index in [4.69, 9.17) is 0 Å². The number of aryl methyl sites for hydroxylation is 2. The van der Waals surface area contributed by atoms with E-state index < -0.39 is 17.3 Å². The van der Waals surface area contributed by atoms with Gasteiger partial charge in [-0.3, -0.25) is 14.6 Å². The van der Waals surface area contributed by atoms with Crippen molar-refractivity contribution in [2.45, 2.75) is 13.8 Å². The molecule has 0 atom stereocenters. The molecule has 0 aliphatic heterocycles. The Bertz CT molecular complexity index is 1050. The lowest BCUT2D eigenvalue weighted by Gasteiger charge is -2.04. The van der Waals surface area contributed by atoms with E-state index in [9.17, 15) is 14.0 Å². The molecule has 2 aromatic heterocycles. The first kappa shape index (κ1) is 17.1. The fraction of sp³-hybridized carbons (Fsp3) is 0.125. The Morgan fingerprint density at radius 1 is 1.31 bits per heavy atom. The van der Waals surface area contributed by atoms with Crippen molar-refractivity contribution in [1.82, 2.24) is 30.4 Å². The molecule has 0 bridgehead atoms. The third-order valence-corrected chi connectivity index (χ3v) is 3.39. The van der Waals surface area contributed by atoms with Crippen molar-refractivity contribution in [3.63, 3.8) is 0 Å². The molecule has 2 heterocycles. The second-order valence-electron chi connectivity index (χ2n) is 5.37. The standard InChI is InChI=1S/C16H14FN7O2/c1-9-7-13(24(23-9)16-19-14(25)10(2)20-22-16)15(26)21-18-8-11-5-3-4-6-12(11)17/h3-8H,1-2H3,(H,21,26)(H,19,22,25)/b18-8-. The third kappa shape index (κ3) is 3.53. The summed E-state index contributed by atoms with van der Waals surface area (Å²) in [4.78, 5) is 26.6. The Hall–Kier alpha value is -3.69. The van der Waals surface area contributed by atoms with Crippen LogP contribution in [0.15, 0.2) is 40.2 Å². The van der Waals surface area contributed by atoms with Gasteiger partial charge in [0.05, 0.1) is 11.9 Å². The number of benzene rings is 1. The highest BCUT2D eigenvalue weighted by molar-refractivity contribution is 5.93. The average molecular weight is 355 g/mol. The molecule has 26 heavy (non-hydrogen) atoms. The van der Waals surface area contributed by atoms with Gasteiger partial charge in [0.25, 0.3) is 17.4 Å². The number of hydrazone groups is 1. The summed E-state index contributed by atoms with van der Waals surface area (Å²) in [7, 11) is 0. The highest BCUT2D eigenvalue weighted by Gasteiger charge is 2.17. The highest BCUT2D eigenvalue weighted by atomic mass is 19.1. The Balaban J connectivity index is 1.85. The third-order valence-electron chi connectivity index (χ3n) is 3.39. The van der Waals surface area contributed by atoms with Crippen LogP contribution in [0.4, 0.5) is 4.39 Å².